The van der Waals surface area contributed by atoms with Crippen LogP contribution in [0.25, 0.3) is 27.9 Å². The lowest BCUT2D eigenvalue weighted by Gasteiger charge is -2.23. The molecule has 4 aromatic heterocycles. The van der Waals surface area contributed by atoms with Crippen LogP contribution in [0.4, 0.5) is 0 Å². The van der Waals surface area contributed by atoms with Crippen LogP contribution in [0.15, 0.2) is 41.7 Å². The van der Waals surface area contributed by atoms with Crippen molar-refractivity contribution < 1.29 is 4.74 Å². The zero-order valence-corrected chi connectivity index (χ0v) is 13.4. The van der Waals surface area contributed by atoms with Crippen molar-refractivity contribution in [2.24, 2.45) is 0 Å². The number of hydrogen-bond donors (Lipinski definition) is 1. The summed E-state index contributed by atoms with van der Waals surface area (Å²) in [5.41, 5.74) is 3.83. The van der Waals surface area contributed by atoms with Crippen LogP contribution >= 0.6 is 0 Å². The molecule has 0 radical (unpaired) electrons. The van der Waals surface area contributed by atoms with Gasteiger partial charge in [-0.3, -0.25) is 9.55 Å². The molecule has 5 rings (SSSR count). The molecule has 1 aliphatic rings. The molecule has 1 saturated heterocycles. The van der Waals surface area contributed by atoms with Gasteiger partial charge in [0.2, 0.25) is 0 Å². The van der Waals surface area contributed by atoms with Crippen LogP contribution in [0.5, 0.6) is 0 Å². The van der Waals surface area contributed by atoms with E-state index in [9.17, 15) is 4.79 Å². The van der Waals surface area contributed by atoms with E-state index in [0.717, 1.165) is 40.8 Å². The Labute approximate surface area is 142 Å². The fourth-order valence-electron chi connectivity index (χ4n) is 3.49. The minimum Gasteiger partial charge on any atom is -0.381 e. The van der Waals surface area contributed by atoms with Crippen LogP contribution in [0, 0.1) is 0 Å². The Balaban J connectivity index is 1.69. The highest BCUT2D eigenvalue weighted by Crippen LogP contribution is 2.27. The number of H-pyrrole nitrogens is 1. The minimum atomic E-state index is -0.0983. The summed E-state index contributed by atoms with van der Waals surface area (Å²) in [7, 11) is 0. The molecule has 1 N–H and O–H groups in total. The SMILES string of the molecule is O=c1[nH]c2cnc(-c3cnn4cccnc34)cc2n1C1CCOCC1. The highest BCUT2D eigenvalue weighted by molar-refractivity contribution is 5.83. The van der Waals surface area contributed by atoms with Crippen molar-refractivity contribution in [2.75, 3.05) is 13.2 Å². The summed E-state index contributed by atoms with van der Waals surface area (Å²) in [6.07, 6.45) is 8.70. The first-order valence-corrected chi connectivity index (χ1v) is 8.28. The van der Waals surface area contributed by atoms with Gasteiger partial charge >= 0.3 is 5.69 Å². The first kappa shape index (κ1) is 14.4. The van der Waals surface area contributed by atoms with Gasteiger partial charge in [0, 0.05) is 31.6 Å². The van der Waals surface area contributed by atoms with Gasteiger partial charge in [-0.25, -0.2) is 14.3 Å². The predicted molar refractivity (Wildman–Crippen MR) is 91.4 cm³/mol. The molecule has 0 atom stereocenters. The Morgan fingerprint density at radius 3 is 2.96 bits per heavy atom. The highest BCUT2D eigenvalue weighted by Gasteiger charge is 2.21. The maximum Gasteiger partial charge on any atom is 0.326 e. The maximum atomic E-state index is 12.5. The number of fused-ring (bicyclic) bond motifs is 2. The number of hydrogen-bond acceptors (Lipinski definition) is 5. The Morgan fingerprint density at radius 1 is 1.20 bits per heavy atom. The fraction of sp³-hybridized carbons (Fsp3) is 0.294. The summed E-state index contributed by atoms with van der Waals surface area (Å²) < 4.78 is 8.97. The molecule has 8 heteroatoms. The number of aromatic amines is 1. The third-order valence-corrected chi connectivity index (χ3v) is 4.71. The van der Waals surface area contributed by atoms with Crippen LogP contribution in [-0.2, 0) is 4.74 Å². The molecule has 8 nitrogen and oxygen atoms in total. The molecule has 126 valence electrons. The number of aromatic nitrogens is 6. The molecule has 4 aromatic rings. The highest BCUT2D eigenvalue weighted by atomic mass is 16.5. The van der Waals surface area contributed by atoms with Crippen molar-refractivity contribution in [1.82, 2.24) is 29.1 Å². The number of imidazole rings is 1. The molecule has 0 spiro atoms. The zero-order chi connectivity index (χ0) is 16.8. The van der Waals surface area contributed by atoms with E-state index in [2.05, 4.69) is 20.1 Å². The Morgan fingerprint density at radius 2 is 2.08 bits per heavy atom. The lowest BCUT2D eigenvalue weighted by Crippen LogP contribution is -2.27. The van der Waals surface area contributed by atoms with Crippen LogP contribution in [0.2, 0.25) is 0 Å². The molecule has 1 aliphatic heterocycles. The molecule has 0 saturated carbocycles. The molecule has 0 bridgehead atoms. The minimum absolute atomic E-state index is 0.0983. The van der Waals surface area contributed by atoms with E-state index < -0.39 is 0 Å². The van der Waals surface area contributed by atoms with Crippen molar-refractivity contribution in [1.29, 1.82) is 0 Å². The maximum absolute atomic E-state index is 12.5. The van der Waals surface area contributed by atoms with E-state index in [4.69, 9.17) is 4.74 Å². The van der Waals surface area contributed by atoms with Gasteiger partial charge in [0.05, 0.1) is 34.7 Å². The normalized spacial score (nSPS) is 16.0. The first-order valence-electron chi connectivity index (χ1n) is 8.28. The lowest BCUT2D eigenvalue weighted by atomic mass is 10.1. The predicted octanol–water partition coefficient (Wildman–Crippen LogP) is 1.79. The van der Waals surface area contributed by atoms with Crippen molar-refractivity contribution >= 4 is 16.7 Å². The van der Waals surface area contributed by atoms with E-state index in [-0.39, 0.29) is 11.7 Å². The summed E-state index contributed by atoms with van der Waals surface area (Å²) in [5.74, 6) is 0. The van der Waals surface area contributed by atoms with Crippen LogP contribution in [0.1, 0.15) is 18.9 Å². The van der Waals surface area contributed by atoms with E-state index in [1.54, 1.807) is 23.1 Å². The monoisotopic (exact) mass is 336 g/mol. The third-order valence-electron chi connectivity index (χ3n) is 4.71. The summed E-state index contributed by atoms with van der Waals surface area (Å²) >= 11 is 0. The van der Waals surface area contributed by atoms with E-state index >= 15 is 0 Å². The average Bonchev–Trinajstić information content (AvgIpc) is 3.22. The summed E-state index contributed by atoms with van der Waals surface area (Å²) in [6, 6.07) is 3.91. The van der Waals surface area contributed by atoms with Gasteiger partial charge in [-0.15, -0.1) is 0 Å². The summed E-state index contributed by atoms with van der Waals surface area (Å²) in [5, 5.41) is 4.31. The first-order chi connectivity index (χ1) is 12.3. The van der Waals surface area contributed by atoms with Crippen molar-refractivity contribution in [3.63, 3.8) is 0 Å². The molecule has 0 amide bonds. The molecular weight excluding hydrogens is 320 g/mol. The standard InChI is InChI=1S/C17H16N6O2/c24-17-21-14-10-19-13(12-9-20-22-5-1-4-18-16(12)22)8-15(14)23(17)11-2-6-25-7-3-11/h1,4-5,8-11H,2-3,6-7H2,(H,21,24). The average molecular weight is 336 g/mol. The number of pyridine rings is 1. The quantitative estimate of drug-likeness (QED) is 0.603. The number of nitrogens with zero attached hydrogens (tertiary/aromatic N) is 5. The summed E-state index contributed by atoms with van der Waals surface area (Å²) in [4.78, 5) is 24.2. The topological polar surface area (TPSA) is 90.1 Å². The molecule has 25 heavy (non-hydrogen) atoms. The largest absolute Gasteiger partial charge is 0.381 e. The van der Waals surface area contributed by atoms with E-state index in [1.807, 2.05) is 22.9 Å². The van der Waals surface area contributed by atoms with Crippen LogP contribution in [0.3, 0.4) is 0 Å². The van der Waals surface area contributed by atoms with Crippen molar-refractivity contribution in [3.05, 3.63) is 47.4 Å². The van der Waals surface area contributed by atoms with Gasteiger partial charge in [-0.1, -0.05) is 0 Å². The van der Waals surface area contributed by atoms with Crippen molar-refractivity contribution in [3.8, 4) is 11.3 Å². The van der Waals surface area contributed by atoms with E-state index in [1.165, 1.54) is 0 Å². The van der Waals surface area contributed by atoms with Gasteiger partial charge in [0.1, 0.15) is 0 Å². The number of ether oxygens (including phenoxy) is 1. The van der Waals surface area contributed by atoms with Crippen LogP contribution < -0.4 is 5.69 Å². The molecule has 0 aliphatic carbocycles. The molecule has 1 fully saturated rings. The number of rotatable bonds is 2. The second-order valence-electron chi connectivity index (χ2n) is 6.18. The second-order valence-corrected chi connectivity index (χ2v) is 6.18. The molecule has 5 heterocycles. The second kappa shape index (κ2) is 5.52. The van der Waals surface area contributed by atoms with Gasteiger partial charge < -0.3 is 9.72 Å². The molecular formula is C17H16N6O2. The smallest absolute Gasteiger partial charge is 0.326 e. The Bertz CT molecular complexity index is 1120. The van der Waals surface area contributed by atoms with Gasteiger partial charge in [0.25, 0.3) is 0 Å². The molecule has 0 unspecified atom stereocenters. The van der Waals surface area contributed by atoms with Crippen molar-refractivity contribution in [2.45, 2.75) is 18.9 Å². The fourth-order valence-corrected chi connectivity index (χ4v) is 3.49. The van der Waals surface area contributed by atoms with Gasteiger partial charge in [0.15, 0.2) is 5.65 Å². The lowest BCUT2D eigenvalue weighted by molar-refractivity contribution is 0.0698. The van der Waals surface area contributed by atoms with Crippen LogP contribution in [-0.4, -0.2) is 42.3 Å². The Kier molecular flexibility index (Phi) is 3.17. The van der Waals surface area contributed by atoms with Gasteiger partial charge in [-0.2, -0.15) is 5.10 Å². The zero-order valence-electron chi connectivity index (χ0n) is 13.4. The van der Waals surface area contributed by atoms with Gasteiger partial charge in [-0.05, 0) is 25.0 Å². The molecule has 0 aromatic carbocycles. The van der Waals surface area contributed by atoms with E-state index in [0.29, 0.717) is 13.2 Å². The number of nitrogens with one attached hydrogen (secondary N) is 1. The Hall–Kier alpha value is -3.00. The summed E-state index contributed by atoms with van der Waals surface area (Å²) in [6.45, 7) is 1.36. The third kappa shape index (κ3) is 2.25.